The van der Waals surface area contributed by atoms with Gasteiger partial charge in [-0.15, -0.1) is 4.94 Å². The van der Waals surface area contributed by atoms with E-state index in [9.17, 15) is 9.18 Å². The molecule has 88 valence electrons. The molecule has 1 amide bonds. The Morgan fingerprint density at radius 3 is 2.19 bits per heavy atom. The van der Waals surface area contributed by atoms with Crippen LogP contribution in [0.25, 0.3) is 0 Å². The SMILES string of the molecule is CC(C)(C)N(NCl)C(=O)c1ccc(F)cc1. The fraction of sp³-hybridized carbons (Fsp3) is 0.364. The van der Waals surface area contributed by atoms with Gasteiger partial charge in [-0.3, -0.25) is 9.80 Å². The number of hydrazine groups is 1. The number of carbonyl (C=O) groups excluding carboxylic acids is 1. The highest BCUT2D eigenvalue weighted by Gasteiger charge is 2.26. The zero-order valence-corrected chi connectivity index (χ0v) is 10.2. The van der Waals surface area contributed by atoms with Crippen molar-refractivity contribution in [2.75, 3.05) is 0 Å². The Morgan fingerprint density at radius 1 is 1.31 bits per heavy atom. The fourth-order valence-corrected chi connectivity index (χ4v) is 1.52. The fourth-order valence-electron chi connectivity index (χ4n) is 1.19. The molecule has 0 heterocycles. The van der Waals surface area contributed by atoms with E-state index in [2.05, 4.69) is 4.94 Å². The van der Waals surface area contributed by atoms with Crippen molar-refractivity contribution in [1.82, 2.24) is 9.95 Å². The topological polar surface area (TPSA) is 32.3 Å². The first kappa shape index (κ1) is 12.9. The average Bonchev–Trinajstić information content (AvgIpc) is 2.17. The van der Waals surface area contributed by atoms with Crippen LogP contribution in [0.1, 0.15) is 31.1 Å². The van der Waals surface area contributed by atoms with Crippen LogP contribution in [0.3, 0.4) is 0 Å². The van der Waals surface area contributed by atoms with Crippen LogP contribution in [0.5, 0.6) is 0 Å². The van der Waals surface area contributed by atoms with Gasteiger partial charge in [-0.1, -0.05) is 0 Å². The predicted molar refractivity (Wildman–Crippen MR) is 61.3 cm³/mol. The monoisotopic (exact) mass is 244 g/mol. The Labute approximate surface area is 99.3 Å². The quantitative estimate of drug-likeness (QED) is 0.641. The molecule has 1 N–H and O–H groups in total. The lowest BCUT2D eigenvalue weighted by Crippen LogP contribution is -2.50. The Kier molecular flexibility index (Phi) is 3.88. The number of amides is 1. The molecule has 0 spiro atoms. The molecule has 0 fully saturated rings. The van der Waals surface area contributed by atoms with E-state index < -0.39 is 5.54 Å². The molecule has 3 nitrogen and oxygen atoms in total. The number of hydrogen-bond donors (Lipinski definition) is 1. The summed E-state index contributed by atoms with van der Waals surface area (Å²) in [7, 11) is 0. The standard InChI is InChI=1S/C11H14ClFN2O/c1-11(2,3)15(14-12)10(16)8-4-6-9(13)7-5-8/h4-7,14H,1-3H3. The second-order valence-electron chi connectivity index (χ2n) is 4.40. The molecule has 0 aliphatic carbocycles. The predicted octanol–water partition coefficient (Wildman–Crippen LogP) is 2.72. The molecule has 16 heavy (non-hydrogen) atoms. The number of carbonyl (C=O) groups is 1. The van der Waals surface area contributed by atoms with Crippen LogP contribution in [0, 0.1) is 5.82 Å². The van der Waals surface area contributed by atoms with Gasteiger partial charge in [-0.2, -0.15) is 0 Å². The summed E-state index contributed by atoms with van der Waals surface area (Å²) in [4.78, 5) is 14.3. The summed E-state index contributed by atoms with van der Waals surface area (Å²) >= 11 is 5.51. The highest BCUT2D eigenvalue weighted by Crippen LogP contribution is 2.15. The number of nitrogens with one attached hydrogen (secondary N) is 1. The third-order valence-electron chi connectivity index (χ3n) is 2.05. The molecule has 1 aromatic carbocycles. The Bertz CT molecular complexity index is 373. The number of nitrogens with zero attached hydrogens (tertiary/aromatic N) is 1. The van der Waals surface area contributed by atoms with E-state index in [-0.39, 0.29) is 11.7 Å². The molecule has 0 saturated heterocycles. The van der Waals surface area contributed by atoms with Crippen LogP contribution < -0.4 is 4.94 Å². The zero-order valence-electron chi connectivity index (χ0n) is 9.42. The largest absolute Gasteiger partial charge is 0.269 e. The van der Waals surface area contributed by atoms with E-state index in [1.165, 1.54) is 29.3 Å². The number of hydrogen-bond acceptors (Lipinski definition) is 2. The van der Waals surface area contributed by atoms with Gasteiger partial charge in [0.1, 0.15) is 5.82 Å². The maximum atomic E-state index is 12.7. The molecular formula is C11H14ClFN2O. The zero-order chi connectivity index (χ0) is 12.3. The molecule has 0 saturated carbocycles. The van der Waals surface area contributed by atoms with Gasteiger partial charge in [0.05, 0.1) is 5.54 Å². The normalized spacial score (nSPS) is 11.3. The van der Waals surface area contributed by atoms with E-state index in [4.69, 9.17) is 11.8 Å². The lowest BCUT2D eigenvalue weighted by atomic mass is 10.1. The van der Waals surface area contributed by atoms with Crippen LogP contribution >= 0.6 is 11.8 Å². The number of halogens is 2. The molecular weight excluding hydrogens is 231 g/mol. The first-order valence-corrected chi connectivity index (χ1v) is 5.20. The van der Waals surface area contributed by atoms with Crippen molar-refractivity contribution >= 4 is 17.7 Å². The molecule has 0 aliphatic rings. The maximum Gasteiger partial charge on any atom is 0.269 e. The second kappa shape index (κ2) is 4.80. The Hall–Kier alpha value is -1.13. The van der Waals surface area contributed by atoms with Crippen LogP contribution in [-0.4, -0.2) is 16.5 Å². The van der Waals surface area contributed by atoms with Crippen molar-refractivity contribution in [3.8, 4) is 0 Å². The van der Waals surface area contributed by atoms with Crippen molar-refractivity contribution in [1.29, 1.82) is 0 Å². The Balaban J connectivity index is 2.96. The van der Waals surface area contributed by atoms with Gasteiger partial charge in [0, 0.05) is 5.56 Å². The van der Waals surface area contributed by atoms with Gasteiger partial charge in [0.2, 0.25) is 0 Å². The minimum absolute atomic E-state index is 0.303. The number of benzene rings is 1. The molecule has 0 aromatic heterocycles. The third-order valence-corrected chi connectivity index (χ3v) is 2.22. The first-order chi connectivity index (χ1) is 7.36. The highest BCUT2D eigenvalue weighted by molar-refractivity contribution is 6.14. The van der Waals surface area contributed by atoms with Crippen molar-refractivity contribution in [2.45, 2.75) is 26.3 Å². The smallest absolute Gasteiger partial charge is 0.268 e. The molecule has 1 aromatic rings. The van der Waals surface area contributed by atoms with E-state index in [0.29, 0.717) is 5.56 Å². The van der Waals surface area contributed by atoms with Crippen LogP contribution in [0.15, 0.2) is 24.3 Å². The van der Waals surface area contributed by atoms with Crippen molar-refractivity contribution in [3.05, 3.63) is 35.6 Å². The molecule has 0 atom stereocenters. The molecule has 0 radical (unpaired) electrons. The van der Waals surface area contributed by atoms with E-state index in [1.807, 2.05) is 20.8 Å². The first-order valence-electron chi connectivity index (χ1n) is 4.82. The lowest BCUT2D eigenvalue weighted by Gasteiger charge is -2.33. The van der Waals surface area contributed by atoms with Gasteiger partial charge >= 0.3 is 0 Å². The van der Waals surface area contributed by atoms with Gasteiger partial charge in [0.25, 0.3) is 5.91 Å². The van der Waals surface area contributed by atoms with E-state index in [0.717, 1.165) is 0 Å². The lowest BCUT2D eigenvalue weighted by molar-refractivity contribution is 0.0515. The second-order valence-corrected chi connectivity index (χ2v) is 4.57. The Morgan fingerprint density at radius 2 is 1.81 bits per heavy atom. The minimum atomic E-state index is -0.465. The summed E-state index contributed by atoms with van der Waals surface area (Å²) < 4.78 is 12.7. The summed E-state index contributed by atoms with van der Waals surface area (Å²) in [5.74, 6) is -0.680. The van der Waals surface area contributed by atoms with Crippen molar-refractivity contribution in [3.63, 3.8) is 0 Å². The van der Waals surface area contributed by atoms with E-state index in [1.54, 1.807) is 0 Å². The van der Waals surface area contributed by atoms with Gasteiger partial charge in [-0.25, -0.2) is 4.39 Å². The summed E-state index contributed by atoms with van der Waals surface area (Å²) in [6.07, 6.45) is 0. The average molecular weight is 245 g/mol. The summed E-state index contributed by atoms with van der Waals surface area (Å²) in [5.41, 5.74) is -0.0859. The molecule has 1 rings (SSSR count). The van der Waals surface area contributed by atoms with Crippen LogP contribution in [0.2, 0.25) is 0 Å². The van der Waals surface area contributed by atoms with Gasteiger partial charge in [0.15, 0.2) is 0 Å². The molecule has 0 unspecified atom stereocenters. The van der Waals surface area contributed by atoms with Crippen LogP contribution in [0.4, 0.5) is 4.39 Å². The highest BCUT2D eigenvalue weighted by atomic mass is 35.5. The van der Waals surface area contributed by atoms with Crippen LogP contribution in [-0.2, 0) is 0 Å². The van der Waals surface area contributed by atoms with Crippen molar-refractivity contribution in [2.24, 2.45) is 0 Å². The molecule has 0 aliphatic heterocycles. The number of rotatable bonds is 2. The third kappa shape index (κ3) is 2.93. The van der Waals surface area contributed by atoms with Gasteiger partial charge in [-0.05, 0) is 56.8 Å². The minimum Gasteiger partial charge on any atom is -0.268 e. The molecule has 0 bridgehead atoms. The summed E-state index contributed by atoms with van der Waals surface area (Å²) in [6.45, 7) is 5.51. The summed E-state index contributed by atoms with van der Waals surface area (Å²) in [6, 6.07) is 5.32. The van der Waals surface area contributed by atoms with Crippen molar-refractivity contribution < 1.29 is 9.18 Å². The molecule has 5 heteroatoms. The maximum absolute atomic E-state index is 12.7. The summed E-state index contributed by atoms with van der Waals surface area (Å²) in [5, 5.41) is 1.28. The van der Waals surface area contributed by atoms with E-state index >= 15 is 0 Å². The van der Waals surface area contributed by atoms with Gasteiger partial charge < -0.3 is 0 Å².